The van der Waals surface area contributed by atoms with Crippen LogP contribution in [0.5, 0.6) is 0 Å². The van der Waals surface area contributed by atoms with Crippen LogP contribution in [0.25, 0.3) is 0 Å². The number of aryl methyl sites for hydroxylation is 1. The van der Waals surface area contributed by atoms with Crippen LogP contribution in [0.4, 0.5) is 5.69 Å². The van der Waals surface area contributed by atoms with Crippen LogP contribution in [-0.4, -0.2) is 34.2 Å². The quantitative estimate of drug-likeness (QED) is 0.363. The van der Waals surface area contributed by atoms with Gasteiger partial charge in [-0.1, -0.05) is 72.8 Å². The van der Waals surface area contributed by atoms with Gasteiger partial charge < -0.3 is 10.2 Å². The summed E-state index contributed by atoms with van der Waals surface area (Å²) in [7, 11) is 0. The number of para-hydroxylation sites is 1. The molecule has 0 radical (unpaired) electrons. The van der Waals surface area contributed by atoms with Gasteiger partial charge in [-0.05, 0) is 30.5 Å². The molecule has 3 aromatic rings. The van der Waals surface area contributed by atoms with E-state index in [1.54, 1.807) is 23.1 Å². The van der Waals surface area contributed by atoms with Crippen molar-refractivity contribution in [1.29, 1.82) is 0 Å². The van der Waals surface area contributed by atoms with Gasteiger partial charge in [0, 0.05) is 31.1 Å². The predicted molar refractivity (Wildman–Crippen MR) is 131 cm³/mol. The second-order valence-corrected chi connectivity index (χ2v) is 8.11. The molecule has 0 fully saturated rings. The number of nitro groups is 1. The van der Waals surface area contributed by atoms with Gasteiger partial charge in [-0.2, -0.15) is 0 Å². The zero-order chi connectivity index (χ0) is 24.5. The van der Waals surface area contributed by atoms with Gasteiger partial charge in [0.1, 0.15) is 6.04 Å². The first-order chi connectivity index (χ1) is 16.4. The normalized spacial score (nSPS) is 11.5. The van der Waals surface area contributed by atoms with Crippen LogP contribution in [0, 0.1) is 17.0 Å². The van der Waals surface area contributed by atoms with Crippen LogP contribution in [0.1, 0.15) is 29.2 Å². The number of benzene rings is 3. The molecule has 3 rings (SSSR count). The summed E-state index contributed by atoms with van der Waals surface area (Å²) in [5, 5.41) is 14.3. The largest absolute Gasteiger partial charge is 0.355 e. The first-order valence-corrected chi connectivity index (χ1v) is 11.3. The van der Waals surface area contributed by atoms with Crippen LogP contribution in [0.15, 0.2) is 78.9 Å². The maximum atomic E-state index is 13.7. The molecule has 0 aromatic heterocycles. The van der Waals surface area contributed by atoms with E-state index >= 15 is 0 Å². The van der Waals surface area contributed by atoms with E-state index in [-0.39, 0.29) is 30.5 Å². The molecule has 0 aliphatic heterocycles. The molecule has 176 valence electrons. The second kappa shape index (κ2) is 11.7. The Labute approximate surface area is 199 Å². The molecule has 0 aliphatic rings. The van der Waals surface area contributed by atoms with Crippen molar-refractivity contribution in [3.63, 3.8) is 0 Å². The minimum atomic E-state index is -0.766. The number of nitrogens with zero attached hydrogens (tertiary/aromatic N) is 2. The fraction of sp³-hybridized carbons (Fsp3) is 0.259. The molecule has 0 spiro atoms. The monoisotopic (exact) mass is 459 g/mol. The average Bonchev–Trinajstić information content (AvgIpc) is 2.83. The second-order valence-electron chi connectivity index (χ2n) is 8.11. The van der Waals surface area contributed by atoms with Gasteiger partial charge in [0.15, 0.2) is 0 Å². The van der Waals surface area contributed by atoms with E-state index in [0.29, 0.717) is 18.5 Å². The predicted octanol–water partition coefficient (Wildman–Crippen LogP) is 4.22. The van der Waals surface area contributed by atoms with Crippen molar-refractivity contribution in [2.75, 3.05) is 6.54 Å². The number of hydrogen-bond donors (Lipinski definition) is 1. The number of amides is 2. The van der Waals surface area contributed by atoms with E-state index in [9.17, 15) is 19.7 Å². The summed E-state index contributed by atoms with van der Waals surface area (Å²) < 4.78 is 0. The molecular formula is C27H29N3O4. The lowest BCUT2D eigenvalue weighted by Gasteiger charge is -2.32. The number of likely N-dealkylation sites (N-methyl/N-ethyl adjacent to an activating group) is 1. The number of nitro benzene ring substituents is 1. The standard InChI is InChI=1S/C27H29N3O4/c1-3-28-27(32)25(17-21-12-5-4-6-13-21)29(19-23-15-8-7-11-20(23)2)26(31)18-22-14-9-10-16-24(22)30(33)34/h4-16,25H,3,17-19H2,1-2H3,(H,28,32)/t25-/m0/s1. The fourth-order valence-electron chi connectivity index (χ4n) is 3.92. The molecule has 0 unspecified atom stereocenters. The van der Waals surface area contributed by atoms with Gasteiger partial charge in [0.2, 0.25) is 11.8 Å². The minimum absolute atomic E-state index is 0.107. The van der Waals surface area contributed by atoms with Crippen LogP contribution < -0.4 is 5.32 Å². The molecule has 3 aromatic carbocycles. The highest BCUT2D eigenvalue weighted by Crippen LogP contribution is 2.22. The van der Waals surface area contributed by atoms with Crippen LogP contribution >= 0.6 is 0 Å². The van der Waals surface area contributed by atoms with Gasteiger partial charge in [0.05, 0.1) is 11.3 Å². The van der Waals surface area contributed by atoms with Crippen molar-refractivity contribution < 1.29 is 14.5 Å². The van der Waals surface area contributed by atoms with E-state index in [0.717, 1.165) is 16.7 Å². The highest BCUT2D eigenvalue weighted by Gasteiger charge is 2.31. The van der Waals surface area contributed by atoms with Gasteiger partial charge >= 0.3 is 0 Å². The van der Waals surface area contributed by atoms with Gasteiger partial charge in [-0.25, -0.2) is 0 Å². The molecule has 1 N–H and O–H groups in total. The highest BCUT2D eigenvalue weighted by molar-refractivity contribution is 5.89. The Balaban J connectivity index is 2.01. The number of hydrogen-bond acceptors (Lipinski definition) is 4. The Morgan fingerprint density at radius 2 is 1.56 bits per heavy atom. The fourth-order valence-corrected chi connectivity index (χ4v) is 3.92. The first-order valence-electron chi connectivity index (χ1n) is 11.3. The van der Waals surface area contributed by atoms with Crippen LogP contribution in [-0.2, 0) is 29.0 Å². The molecule has 0 aliphatic carbocycles. The highest BCUT2D eigenvalue weighted by atomic mass is 16.6. The molecule has 34 heavy (non-hydrogen) atoms. The van der Waals surface area contributed by atoms with Gasteiger partial charge in [-0.15, -0.1) is 0 Å². The van der Waals surface area contributed by atoms with Gasteiger partial charge in [0.25, 0.3) is 5.69 Å². The molecule has 7 heteroatoms. The van der Waals surface area contributed by atoms with Crippen molar-refractivity contribution >= 4 is 17.5 Å². The van der Waals surface area contributed by atoms with Crippen molar-refractivity contribution in [2.24, 2.45) is 0 Å². The summed E-state index contributed by atoms with van der Waals surface area (Å²) in [4.78, 5) is 39.4. The van der Waals surface area contributed by atoms with E-state index in [4.69, 9.17) is 0 Å². The third-order valence-electron chi connectivity index (χ3n) is 5.75. The summed E-state index contributed by atoms with van der Waals surface area (Å²) in [6.45, 7) is 4.44. The maximum absolute atomic E-state index is 13.7. The Hall–Kier alpha value is -4.00. The number of carbonyl (C=O) groups is 2. The van der Waals surface area contributed by atoms with E-state index < -0.39 is 11.0 Å². The SMILES string of the molecule is CCNC(=O)[C@H](Cc1ccccc1)N(Cc1ccccc1C)C(=O)Cc1ccccc1[N+](=O)[O-]. The lowest BCUT2D eigenvalue weighted by molar-refractivity contribution is -0.385. The molecule has 0 bridgehead atoms. The minimum Gasteiger partial charge on any atom is -0.355 e. The number of carbonyl (C=O) groups excluding carboxylic acids is 2. The zero-order valence-corrected chi connectivity index (χ0v) is 19.4. The Morgan fingerprint density at radius 3 is 2.21 bits per heavy atom. The molecule has 0 heterocycles. The summed E-state index contributed by atoms with van der Waals surface area (Å²) in [6, 6.07) is 22.7. The first kappa shape index (κ1) is 24.6. The lowest BCUT2D eigenvalue weighted by Crippen LogP contribution is -2.51. The van der Waals surface area contributed by atoms with E-state index in [1.807, 2.05) is 68.4 Å². The van der Waals surface area contributed by atoms with Crippen LogP contribution in [0.3, 0.4) is 0 Å². The molecule has 0 saturated heterocycles. The smallest absolute Gasteiger partial charge is 0.273 e. The van der Waals surface area contributed by atoms with Crippen molar-refractivity contribution in [2.45, 2.75) is 39.3 Å². The van der Waals surface area contributed by atoms with E-state index in [1.165, 1.54) is 6.07 Å². The summed E-state index contributed by atoms with van der Waals surface area (Å²) in [6.07, 6.45) is 0.162. The Morgan fingerprint density at radius 1 is 0.941 bits per heavy atom. The summed E-state index contributed by atoms with van der Waals surface area (Å²) >= 11 is 0. The van der Waals surface area contributed by atoms with Gasteiger partial charge in [-0.3, -0.25) is 19.7 Å². The topological polar surface area (TPSA) is 92.6 Å². The molecule has 0 saturated carbocycles. The molecular weight excluding hydrogens is 430 g/mol. The molecule has 7 nitrogen and oxygen atoms in total. The number of rotatable bonds is 10. The Kier molecular flexibility index (Phi) is 8.51. The summed E-state index contributed by atoms with van der Waals surface area (Å²) in [5.74, 6) is -0.597. The van der Waals surface area contributed by atoms with Crippen LogP contribution in [0.2, 0.25) is 0 Å². The molecule has 1 atom stereocenters. The Bertz CT molecular complexity index is 1150. The maximum Gasteiger partial charge on any atom is 0.273 e. The summed E-state index contributed by atoms with van der Waals surface area (Å²) in [5.41, 5.74) is 3.05. The third kappa shape index (κ3) is 6.28. The van der Waals surface area contributed by atoms with Crippen molar-refractivity contribution in [3.8, 4) is 0 Å². The zero-order valence-electron chi connectivity index (χ0n) is 19.4. The number of nitrogens with one attached hydrogen (secondary N) is 1. The average molecular weight is 460 g/mol. The molecule has 2 amide bonds. The van der Waals surface area contributed by atoms with Crippen molar-refractivity contribution in [1.82, 2.24) is 10.2 Å². The third-order valence-corrected chi connectivity index (χ3v) is 5.75. The lowest BCUT2D eigenvalue weighted by atomic mass is 10.00. The van der Waals surface area contributed by atoms with Crippen molar-refractivity contribution in [3.05, 3.63) is 111 Å². The van der Waals surface area contributed by atoms with E-state index in [2.05, 4.69) is 5.32 Å².